The van der Waals surface area contributed by atoms with Crippen molar-refractivity contribution in [3.63, 3.8) is 0 Å². The summed E-state index contributed by atoms with van der Waals surface area (Å²) in [6.45, 7) is 3.18. The average molecular weight is 308 g/mol. The molecule has 3 aromatic heterocycles. The topological polar surface area (TPSA) is 59.7 Å². The van der Waals surface area contributed by atoms with Crippen molar-refractivity contribution in [2.45, 2.75) is 25.3 Å². The zero-order valence-electron chi connectivity index (χ0n) is 13.3. The number of aryl methyl sites for hydroxylation is 1. The first-order chi connectivity index (χ1) is 11.3. The van der Waals surface area contributed by atoms with Gasteiger partial charge in [-0.15, -0.1) is 0 Å². The maximum absolute atomic E-state index is 4.69. The third-order valence-corrected chi connectivity index (χ3v) is 4.62. The van der Waals surface area contributed by atoms with Crippen LogP contribution >= 0.6 is 0 Å². The molecule has 0 spiro atoms. The summed E-state index contributed by atoms with van der Waals surface area (Å²) in [6.07, 6.45) is 9.44. The molecule has 3 aromatic rings. The van der Waals surface area contributed by atoms with E-state index in [9.17, 15) is 0 Å². The molecule has 0 saturated carbocycles. The molecule has 0 radical (unpaired) electrons. The van der Waals surface area contributed by atoms with Gasteiger partial charge < -0.3 is 0 Å². The van der Waals surface area contributed by atoms with Gasteiger partial charge in [0.2, 0.25) is 0 Å². The highest BCUT2D eigenvalue weighted by Gasteiger charge is 2.25. The average Bonchev–Trinajstić information content (AvgIpc) is 2.94. The quantitative estimate of drug-likeness (QED) is 0.742. The van der Waals surface area contributed by atoms with Gasteiger partial charge in [-0.2, -0.15) is 5.10 Å². The molecule has 1 saturated heterocycles. The van der Waals surface area contributed by atoms with Crippen LogP contribution in [0.2, 0.25) is 0 Å². The molecule has 0 amide bonds. The van der Waals surface area contributed by atoms with Gasteiger partial charge in [0.05, 0.1) is 5.69 Å². The van der Waals surface area contributed by atoms with Gasteiger partial charge in [0.25, 0.3) is 0 Å². The fraction of sp³-hybridized carbons (Fsp3) is 0.412. The van der Waals surface area contributed by atoms with Crippen LogP contribution in [0.15, 0.2) is 36.9 Å². The summed E-state index contributed by atoms with van der Waals surface area (Å²) in [5.41, 5.74) is 4.27. The number of fused-ring (bicyclic) bond motifs is 1. The van der Waals surface area contributed by atoms with Crippen LogP contribution in [0.5, 0.6) is 0 Å². The molecule has 0 unspecified atom stereocenters. The van der Waals surface area contributed by atoms with Crippen molar-refractivity contribution >= 4 is 11.2 Å². The first kappa shape index (κ1) is 14.3. The number of nitrogens with zero attached hydrogens (tertiary/aromatic N) is 6. The zero-order chi connectivity index (χ0) is 15.6. The van der Waals surface area contributed by atoms with E-state index in [-0.39, 0.29) is 0 Å². The maximum atomic E-state index is 4.69. The molecular formula is C17H20N6. The summed E-state index contributed by atoms with van der Waals surface area (Å²) in [6, 6.07) is 4.18. The molecule has 6 nitrogen and oxygen atoms in total. The lowest BCUT2D eigenvalue weighted by atomic mass is 9.93. The molecule has 4 heterocycles. The first-order valence-corrected chi connectivity index (χ1v) is 8.06. The normalized spacial score (nSPS) is 16.9. The van der Waals surface area contributed by atoms with Crippen molar-refractivity contribution < 1.29 is 0 Å². The van der Waals surface area contributed by atoms with Gasteiger partial charge in [0, 0.05) is 44.3 Å². The fourth-order valence-corrected chi connectivity index (χ4v) is 3.39. The van der Waals surface area contributed by atoms with Crippen molar-refractivity contribution in [3.8, 4) is 0 Å². The molecule has 118 valence electrons. The van der Waals surface area contributed by atoms with Gasteiger partial charge in [-0.1, -0.05) is 0 Å². The summed E-state index contributed by atoms with van der Waals surface area (Å²) < 4.78 is 1.85. The van der Waals surface area contributed by atoms with Crippen molar-refractivity contribution in [3.05, 3.63) is 48.2 Å². The second kappa shape index (κ2) is 6.04. The van der Waals surface area contributed by atoms with Gasteiger partial charge in [-0.3, -0.25) is 9.88 Å². The molecular weight excluding hydrogens is 288 g/mol. The summed E-state index contributed by atoms with van der Waals surface area (Å²) >= 11 is 0. The Morgan fingerprint density at radius 3 is 2.57 bits per heavy atom. The predicted molar refractivity (Wildman–Crippen MR) is 87.8 cm³/mol. The number of piperidine rings is 1. The van der Waals surface area contributed by atoms with Crippen LogP contribution in [0.25, 0.3) is 11.2 Å². The summed E-state index contributed by atoms with van der Waals surface area (Å²) in [4.78, 5) is 15.5. The van der Waals surface area contributed by atoms with Crippen molar-refractivity contribution in [1.29, 1.82) is 0 Å². The van der Waals surface area contributed by atoms with Crippen LogP contribution in [-0.4, -0.2) is 42.7 Å². The lowest BCUT2D eigenvalue weighted by molar-refractivity contribution is 0.203. The van der Waals surface area contributed by atoms with E-state index >= 15 is 0 Å². The van der Waals surface area contributed by atoms with Crippen LogP contribution in [0.1, 0.15) is 30.0 Å². The third-order valence-electron chi connectivity index (χ3n) is 4.62. The van der Waals surface area contributed by atoms with Gasteiger partial charge in [-0.25, -0.2) is 14.6 Å². The number of hydrogen-bond acceptors (Lipinski definition) is 5. The molecule has 4 rings (SSSR count). The lowest BCUT2D eigenvalue weighted by Crippen LogP contribution is -2.32. The van der Waals surface area contributed by atoms with Crippen LogP contribution < -0.4 is 0 Å². The molecule has 0 aliphatic carbocycles. The van der Waals surface area contributed by atoms with E-state index in [0.29, 0.717) is 5.92 Å². The molecule has 0 aromatic carbocycles. The zero-order valence-corrected chi connectivity index (χ0v) is 13.3. The number of hydrogen-bond donors (Lipinski definition) is 0. The summed E-state index contributed by atoms with van der Waals surface area (Å²) in [5, 5.41) is 4.69. The minimum Gasteiger partial charge on any atom is -0.299 e. The Bertz CT molecular complexity index is 789. The summed E-state index contributed by atoms with van der Waals surface area (Å²) in [5.74, 6) is 0.476. The highest BCUT2D eigenvalue weighted by molar-refractivity contribution is 5.73. The number of likely N-dealkylation sites (tertiary alicyclic amines) is 1. The van der Waals surface area contributed by atoms with E-state index in [1.807, 2.05) is 24.1 Å². The minimum absolute atomic E-state index is 0.476. The third kappa shape index (κ3) is 2.82. The fourth-order valence-electron chi connectivity index (χ4n) is 3.39. The molecule has 0 atom stereocenters. The predicted octanol–water partition coefficient (Wildman–Crippen LogP) is 2.14. The van der Waals surface area contributed by atoms with Crippen LogP contribution in [0, 0.1) is 0 Å². The Balaban J connectivity index is 1.47. The van der Waals surface area contributed by atoms with Crippen LogP contribution in [0.4, 0.5) is 0 Å². The molecule has 0 bridgehead atoms. The van der Waals surface area contributed by atoms with Gasteiger partial charge >= 0.3 is 0 Å². The molecule has 1 aliphatic heterocycles. The molecule has 23 heavy (non-hydrogen) atoms. The smallest absolute Gasteiger partial charge is 0.176 e. The van der Waals surface area contributed by atoms with E-state index in [4.69, 9.17) is 0 Å². The highest BCUT2D eigenvalue weighted by Crippen LogP contribution is 2.31. The van der Waals surface area contributed by atoms with Crippen molar-refractivity contribution in [2.75, 3.05) is 13.1 Å². The minimum atomic E-state index is 0.476. The van der Waals surface area contributed by atoms with E-state index in [1.165, 1.54) is 5.56 Å². The van der Waals surface area contributed by atoms with Crippen molar-refractivity contribution in [1.82, 2.24) is 29.6 Å². The molecule has 1 aliphatic rings. The standard InChI is InChI=1S/C17H20N6/c1-22-17-16(19-8-9-20-17)15(21-22)14-4-10-23(11-5-14)12-13-2-6-18-7-3-13/h2-3,6-9,14H,4-5,10-12H2,1H3. The monoisotopic (exact) mass is 308 g/mol. The molecule has 0 N–H and O–H groups in total. The van der Waals surface area contributed by atoms with Gasteiger partial charge in [0.15, 0.2) is 5.65 Å². The Hall–Kier alpha value is -2.34. The SMILES string of the molecule is Cn1nc(C2CCN(Cc3ccncc3)CC2)c2nccnc21. The van der Waals surface area contributed by atoms with Gasteiger partial charge in [0.1, 0.15) is 5.52 Å². The highest BCUT2D eigenvalue weighted by atomic mass is 15.3. The second-order valence-electron chi connectivity index (χ2n) is 6.14. The Morgan fingerprint density at radius 2 is 1.78 bits per heavy atom. The summed E-state index contributed by atoms with van der Waals surface area (Å²) in [7, 11) is 1.94. The Labute approximate surface area is 135 Å². The van der Waals surface area contributed by atoms with Gasteiger partial charge in [-0.05, 0) is 43.6 Å². The van der Waals surface area contributed by atoms with E-state index in [1.54, 1.807) is 12.4 Å². The number of rotatable bonds is 3. The Morgan fingerprint density at radius 1 is 1.04 bits per heavy atom. The van der Waals surface area contributed by atoms with Crippen molar-refractivity contribution in [2.24, 2.45) is 7.05 Å². The molecule has 1 fully saturated rings. The number of pyridine rings is 1. The van der Waals surface area contributed by atoms with E-state index in [0.717, 1.165) is 49.3 Å². The largest absolute Gasteiger partial charge is 0.299 e. The first-order valence-electron chi connectivity index (χ1n) is 8.06. The van der Waals surface area contributed by atoms with E-state index in [2.05, 4.69) is 37.1 Å². The Kier molecular flexibility index (Phi) is 3.75. The number of aromatic nitrogens is 5. The van der Waals surface area contributed by atoms with E-state index < -0.39 is 0 Å². The second-order valence-corrected chi connectivity index (χ2v) is 6.14. The molecule has 6 heteroatoms. The lowest BCUT2D eigenvalue weighted by Gasteiger charge is -2.31. The van der Waals surface area contributed by atoms with Crippen LogP contribution in [0.3, 0.4) is 0 Å². The van der Waals surface area contributed by atoms with Crippen LogP contribution in [-0.2, 0) is 13.6 Å². The maximum Gasteiger partial charge on any atom is 0.176 e.